The van der Waals surface area contributed by atoms with Gasteiger partial charge in [-0.15, -0.1) is 0 Å². The molecule has 156 valence electrons. The van der Waals surface area contributed by atoms with E-state index < -0.39 is 0 Å². The Labute approximate surface area is 168 Å². The van der Waals surface area contributed by atoms with Gasteiger partial charge in [0, 0.05) is 32.7 Å². The summed E-state index contributed by atoms with van der Waals surface area (Å²) < 4.78 is 10.6. The Morgan fingerprint density at radius 3 is 2.36 bits per heavy atom. The molecule has 0 spiro atoms. The highest BCUT2D eigenvalue weighted by Crippen LogP contribution is 2.24. The molecule has 1 saturated heterocycles. The van der Waals surface area contributed by atoms with Crippen molar-refractivity contribution in [3.8, 4) is 5.75 Å². The monoisotopic (exact) mass is 390 g/mol. The van der Waals surface area contributed by atoms with E-state index in [1.807, 2.05) is 17.0 Å². The predicted molar refractivity (Wildman–Crippen MR) is 109 cm³/mol. The summed E-state index contributed by atoms with van der Waals surface area (Å²) in [5, 5.41) is 2.94. The van der Waals surface area contributed by atoms with Crippen LogP contribution in [0, 0.1) is 0 Å². The maximum Gasteiger partial charge on any atom is 0.246 e. The van der Waals surface area contributed by atoms with Crippen molar-refractivity contribution in [1.82, 2.24) is 10.2 Å². The zero-order valence-electron chi connectivity index (χ0n) is 17.6. The number of piperidine rings is 1. The van der Waals surface area contributed by atoms with Crippen LogP contribution in [0.2, 0.25) is 0 Å². The van der Waals surface area contributed by atoms with Gasteiger partial charge in [0.2, 0.25) is 11.8 Å². The van der Waals surface area contributed by atoms with Gasteiger partial charge in [0.15, 0.2) is 0 Å². The van der Waals surface area contributed by atoms with Gasteiger partial charge in [0.05, 0.1) is 6.61 Å². The first-order valence-corrected chi connectivity index (χ1v) is 10.1. The molecule has 0 atom stereocenters. The Hall–Kier alpha value is -2.08. The van der Waals surface area contributed by atoms with Gasteiger partial charge in [-0.05, 0) is 42.4 Å². The van der Waals surface area contributed by atoms with Gasteiger partial charge >= 0.3 is 0 Å². The lowest BCUT2D eigenvalue weighted by Gasteiger charge is -2.32. The zero-order chi connectivity index (χ0) is 20.6. The summed E-state index contributed by atoms with van der Waals surface area (Å²) in [5.41, 5.74) is 1.40. The third-order valence-electron chi connectivity index (χ3n) is 5.01. The molecule has 0 unspecified atom stereocenters. The maximum absolute atomic E-state index is 12.4. The second-order valence-electron chi connectivity index (χ2n) is 8.38. The van der Waals surface area contributed by atoms with Gasteiger partial charge < -0.3 is 19.7 Å². The van der Waals surface area contributed by atoms with Crippen LogP contribution in [0.5, 0.6) is 5.75 Å². The minimum Gasteiger partial charge on any atom is -0.494 e. The first kappa shape index (κ1) is 22.2. The fourth-order valence-corrected chi connectivity index (χ4v) is 3.30. The summed E-state index contributed by atoms with van der Waals surface area (Å²) in [6, 6.07) is 8.30. The fraction of sp³-hybridized carbons (Fsp3) is 0.636. The van der Waals surface area contributed by atoms with Crippen molar-refractivity contribution < 1.29 is 19.1 Å². The Balaban J connectivity index is 1.63. The summed E-state index contributed by atoms with van der Waals surface area (Å²) in [4.78, 5) is 25.8. The highest BCUT2D eigenvalue weighted by atomic mass is 16.5. The van der Waals surface area contributed by atoms with E-state index in [4.69, 9.17) is 9.47 Å². The van der Waals surface area contributed by atoms with Gasteiger partial charge in [0.25, 0.3) is 0 Å². The minimum atomic E-state index is -0.0973. The van der Waals surface area contributed by atoms with Crippen LogP contribution in [0.3, 0.4) is 0 Å². The van der Waals surface area contributed by atoms with Crippen LogP contribution in [-0.4, -0.2) is 56.2 Å². The summed E-state index contributed by atoms with van der Waals surface area (Å²) in [5.74, 6) is 0.904. The third kappa shape index (κ3) is 7.15. The average Bonchev–Trinajstić information content (AvgIpc) is 2.65. The number of hydrogen-bond donors (Lipinski definition) is 1. The molecule has 1 aromatic rings. The molecule has 2 amide bonds. The Kier molecular flexibility index (Phi) is 8.30. The highest BCUT2D eigenvalue weighted by molar-refractivity contribution is 5.78. The minimum absolute atomic E-state index is 0.0814. The summed E-state index contributed by atoms with van der Waals surface area (Å²) in [6.07, 6.45) is 2.76. The Morgan fingerprint density at radius 1 is 1.14 bits per heavy atom. The molecule has 0 saturated carbocycles. The Bertz CT molecular complexity index is 629. The molecule has 1 aromatic carbocycles. The third-order valence-corrected chi connectivity index (χ3v) is 5.01. The van der Waals surface area contributed by atoms with Crippen molar-refractivity contribution in [2.24, 2.45) is 0 Å². The lowest BCUT2D eigenvalue weighted by Crippen LogP contribution is -2.47. The van der Waals surface area contributed by atoms with Crippen LogP contribution in [0.1, 0.15) is 52.0 Å². The number of rotatable bonds is 8. The van der Waals surface area contributed by atoms with Crippen molar-refractivity contribution in [2.45, 2.75) is 57.9 Å². The first-order chi connectivity index (χ1) is 13.3. The average molecular weight is 391 g/mol. The van der Waals surface area contributed by atoms with Crippen LogP contribution < -0.4 is 10.1 Å². The lowest BCUT2D eigenvalue weighted by atomic mass is 9.87. The maximum atomic E-state index is 12.4. The fourth-order valence-electron chi connectivity index (χ4n) is 3.30. The molecule has 1 aliphatic heterocycles. The number of hydrogen-bond acceptors (Lipinski definition) is 4. The molecule has 6 nitrogen and oxygen atoms in total. The van der Waals surface area contributed by atoms with E-state index in [-0.39, 0.29) is 29.9 Å². The standard InChI is InChI=1S/C22H34N2O4/c1-22(2,3)17-7-9-19(10-8-17)28-15-5-6-21(26)24-13-11-18(12-14-24)23-20(25)16-27-4/h7-10,18H,5-6,11-16H2,1-4H3,(H,23,25). The number of nitrogens with one attached hydrogen (secondary N) is 1. The van der Waals surface area contributed by atoms with Gasteiger partial charge in [-0.1, -0.05) is 32.9 Å². The van der Waals surface area contributed by atoms with Crippen molar-refractivity contribution in [3.05, 3.63) is 29.8 Å². The topological polar surface area (TPSA) is 67.9 Å². The summed E-state index contributed by atoms with van der Waals surface area (Å²) in [6.45, 7) is 8.54. The molecule has 28 heavy (non-hydrogen) atoms. The van der Waals surface area contributed by atoms with Crippen molar-refractivity contribution in [1.29, 1.82) is 0 Å². The summed E-state index contributed by atoms with van der Waals surface area (Å²) in [7, 11) is 1.51. The molecule has 0 aromatic heterocycles. The molecule has 1 aliphatic rings. The SMILES string of the molecule is COCC(=O)NC1CCN(C(=O)CCCOc2ccc(C(C)(C)C)cc2)CC1. The van der Waals surface area contributed by atoms with Gasteiger partial charge in [-0.25, -0.2) is 0 Å². The van der Waals surface area contributed by atoms with Crippen molar-refractivity contribution >= 4 is 11.8 Å². The molecule has 0 bridgehead atoms. The van der Waals surface area contributed by atoms with Gasteiger partial charge in [0.1, 0.15) is 12.4 Å². The van der Waals surface area contributed by atoms with Gasteiger partial charge in [-0.3, -0.25) is 9.59 Å². The largest absolute Gasteiger partial charge is 0.494 e. The molecule has 2 rings (SSSR count). The molecule has 1 heterocycles. The van der Waals surface area contributed by atoms with Crippen LogP contribution in [0.15, 0.2) is 24.3 Å². The van der Waals surface area contributed by atoms with E-state index >= 15 is 0 Å². The normalized spacial score (nSPS) is 15.4. The van der Waals surface area contributed by atoms with E-state index in [2.05, 4.69) is 38.2 Å². The molecule has 6 heteroatoms. The number of ether oxygens (including phenoxy) is 2. The highest BCUT2D eigenvalue weighted by Gasteiger charge is 2.23. The molecular weight excluding hydrogens is 356 g/mol. The van der Waals surface area contributed by atoms with E-state index in [0.717, 1.165) is 18.6 Å². The number of amides is 2. The van der Waals surface area contributed by atoms with Crippen LogP contribution in [0.4, 0.5) is 0 Å². The van der Waals surface area contributed by atoms with Crippen molar-refractivity contribution in [3.63, 3.8) is 0 Å². The quantitative estimate of drug-likeness (QED) is 0.693. The molecule has 1 fully saturated rings. The van der Waals surface area contributed by atoms with Gasteiger partial charge in [-0.2, -0.15) is 0 Å². The number of benzene rings is 1. The zero-order valence-corrected chi connectivity index (χ0v) is 17.6. The summed E-state index contributed by atoms with van der Waals surface area (Å²) >= 11 is 0. The molecular formula is C22H34N2O4. The van der Waals surface area contributed by atoms with Crippen molar-refractivity contribution in [2.75, 3.05) is 33.4 Å². The van der Waals surface area contributed by atoms with Crippen LogP contribution in [-0.2, 0) is 19.7 Å². The second-order valence-corrected chi connectivity index (χ2v) is 8.38. The number of carbonyl (C=O) groups is 2. The van der Waals surface area contributed by atoms with E-state index in [1.165, 1.54) is 12.7 Å². The van der Waals surface area contributed by atoms with Crippen LogP contribution in [0.25, 0.3) is 0 Å². The molecule has 0 radical (unpaired) electrons. The number of nitrogens with zero attached hydrogens (tertiary/aromatic N) is 1. The number of carbonyl (C=O) groups excluding carboxylic acids is 2. The van der Waals surface area contributed by atoms with E-state index in [0.29, 0.717) is 32.5 Å². The molecule has 0 aliphatic carbocycles. The van der Waals surface area contributed by atoms with E-state index in [1.54, 1.807) is 0 Å². The second kappa shape index (κ2) is 10.5. The smallest absolute Gasteiger partial charge is 0.246 e. The van der Waals surface area contributed by atoms with Crippen LogP contribution >= 0.6 is 0 Å². The van der Waals surface area contributed by atoms with E-state index in [9.17, 15) is 9.59 Å². The molecule has 1 N–H and O–H groups in total. The lowest BCUT2D eigenvalue weighted by molar-refractivity contribution is -0.132. The first-order valence-electron chi connectivity index (χ1n) is 10.1. The predicted octanol–water partition coefficient (Wildman–Crippen LogP) is 2.90. The number of methoxy groups -OCH3 is 1. The number of likely N-dealkylation sites (tertiary alicyclic amines) is 1. The Morgan fingerprint density at radius 2 is 1.79 bits per heavy atom.